The first-order valence-electron chi connectivity index (χ1n) is 5.93. The third-order valence-corrected chi connectivity index (χ3v) is 2.64. The Morgan fingerprint density at radius 1 is 1.33 bits per heavy atom. The predicted octanol–water partition coefficient (Wildman–Crippen LogP) is 0.649. The van der Waals surface area contributed by atoms with Gasteiger partial charge in [0.25, 0.3) is 0 Å². The Bertz CT molecular complexity index is 396. The van der Waals surface area contributed by atoms with Crippen LogP contribution in [0.2, 0.25) is 0 Å². The lowest BCUT2D eigenvalue weighted by atomic mass is 10.00. The Balaban J connectivity index is 2.83. The lowest BCUT2D eigenvalue weighted by molar-refractivity contribution is -0.114. The summed E-state index contributed by atoms with van der Waals surface area (Å²) in [5.41, 5.74) is 1.05. The molecule has 0 spiro atoms. The Hall–Kier alpha value is -1.43. The lowest BCUT2D eigenvalue weighted by Gasteiger charge is -2.20. The van der Waals surface area contributed by atoms with E-state index < -0.39 is 12.2 Å². The number of aliphatic hydroxyl groups is 2. The monoisotopic (exact) mass is 252 g/mol. The summed E-state index contributed by atoms with van der Waals surface area (Å²) in [4.78, 5) is 11.1. The first-order chi connectivity index (χ1) is 8.56. The highest BCUT2D eigenvalue weighted by molar-refractivity contribution is 5.89. The molecule has 1 amide bonds. The Morgan fingerprint density at radius 2 is 2.00 bits per heavy atom. The van der Waals surface area contributed by atoms with Crippen molar-refractivity contribution in [2.45, 2.75) is 25.6 Å². The van der Waals surface area contributed by atoms with Crippen LogP contribution in [0.3, 0.4) is 0 Å². The van der Waals surface area contributed by atoms with E-state index >= 15 is 0 Å². The van der Waals surface area contributed by atoms with E-state index in [1.165, 1.54) is 6.92 Å². The molecule has 0 fully saturated rings. The van der Waals surface area contributed by atoms with Crippen LogP contribution in [0.25, 0.3) is 0 Å². The summed E-state index contributed by atoms with van der Waals surface area (Å²) in [6.07, 6.45) is -1.44. The molecule has 0 aliphatic rings. The van der Waals surface area contributed by atoms with Gasteiger partial charge in [-0.2, -0.15) is 0 Å². The number of carbonyl (C=O) groups excluding carboxylic acids is 1. The molecule has 1 aromatic rings. The van der Waals surface area contributed by atoms with Crippen molar-refractivity contribution < 1.29 is 15.0 Å². The number of amides is 1. The molecule has 4 N–H and O–H groups in total. The first kappa shape index (κ1) is 14.6. The van der Waals surface area contributed by atoms with Gasteiger partial charge < -0.3 is 20.8 Å². The fourth-order valence-electron chi connectivity index (χ4n) is 1.72. The molecule has 5 heteroatoms. The second-order valence-corrected chi connectivity index (χ2v) is 4.17. The van der Waals surface area contributed by atoms with E-state index in [1.807, 2.05) is 0 Å². The molecule has 100 valence electrons. The number of aliphatic hydroxyl groups excluding tert-OH is 2. The zero-order valence-electron chi connectivity index (χ0n) is 10.7. The Kier molecular flexibility index (Phi) is 5.77. The molecule has 2 unspecified atom stereocenters. The summed E-state index contributed by atoms with van der Waals surface area (Å²) in [6.45, 7) is 2.02. The SMILES string of the molecule is CNCCC(O)C(O)c1ccccc1NC(C)=O. The van der Waals surface area contributed by atoms with Crippen LogP contribution in [0.1, 0.15) is 25.0 Å². The second-order valence-electron chi connectivity index (χ2n) is 4.17. The number of hydrogen-bond donors (Lipinski definition) is 4. The van der Waals surface area contributed by atoms with Gasteiger partial charge in [-0.25, -0.2) is 0 Å². The van der Waals surface area contributed by atoms with Crippen LogP contribution >= 0.6 is 0 Å². The molecular weight excluding hydrogens is 232 g/mol. The summed E-state index contributed by atoms with van der Waals surface area (Å²) in [7, 11) is 1.78. The van der Waals surface area contributed by atoms with Crippen molar-refractivity contribution in [1.29, 1.82) is 0 Å². The van der Waals surface area contributed by atoms with Crippen LogP contribution < -0.4 is 10.6 Å². The van der Waals surface area contributed by atoms with E-state index in [9.17, 15) is 15.0 Å². The molecule has 1 aromatic carbocycles. The number of rotatable bonds is 6. The van der Waals surface area contributed by atoms with E-state index in [1.54, 1.807) is 31.3 Å². The average molecular weight is 252 g/mol. The number of benzene rings is 1. The van der Waals surface area contributed by atoms with E-state index in [0.29, 0.717) is 24.2 Å². The number of hydrogen-bond acceptors (Lipinski definition) is 4. The summed E-state index contributed by atoms with van der Waals surface area (Å²) in [5.74, 6) is -0.209. The van der Waals surface area contributed by atoms with E-state index in [-0.39, 0.29) is 5.91 Å². The van der Waals surface area contributed by atoms with Gasteiger partial charge in [-0.05, 0) is 26.1 Å². The van der Waals surface area contributed by atoms with Crippen LogP contribution in [-0.4, -0.2) is 35.8 Å². The summed E-state index contributed by atoms with van der Waals surface area (Å²) in [5, 5.41) is 25.5. The molecule has 0 bridgehead atoms. The molecule has 0 aromatic heterocycles. The van der Waals surface area contributed by atoms with Crippen LogP contribution in [0.15, 0.2) is 24.3 Å². The molecule has 0 heterocycles. The highest BCUT2D eigenvalue weighted by Crippen LogP contribution is 2.26. The minimum absolute atomic E-state index is 0.209. The van der Waals surface area contributed by atoms with Gasteiger partial charge in [0.05, 0.1) is 6.10 Å². The maximum atomic E-state index is 11.1. The third kappa shape index (κ3) is 4.10. The number of anilines is 1. The second kappa shape index (κ2) is 7.10. The Morgan fingerprint density at radius 3 is 2.61 bits per heavy atom. The van der Waals surface area contributed by atoms with Crippen molar-refractivity contribution in [2.75, 3.05) is 18.9 Å². The zero-order valence-corrected chi connectivity index (χ0v) is 10.7. The topological polar surface area (TPSA) is 81.6 Å². The zero-order chi connectivity index (χ0) is 13.5. The summed E-state index contributed by atoms with van der Waals surface area (Å²) in [6, 6.07) is 6.92. The van der Waals surface area contributed by atoms with Gasteiger partial charge >= 0.3 is 0 Å². The summed E-state index contributed by atoms with van der Waals surface area (Å²) < 4.78 is 0. The van der Waals surface area contributed by atoms with Crippen molar-refractivity contribution in [2.24, 2.45) is 0 Å². The molecule has 0 radical (unpaired) electrons. The van der Waals surface area contributed by atoms with Crippen LogP contribution in [-0.2, 0) is 4.79 Å². The van der Waals surface area contributed by atoms with Gasteiger partial charge in [-0.15, -0.1) is 0 Å². The molecule has 1 rings (SSSR count). The van der Waals surface area contributed by atoms with Gasteiger partial charge in [-0.3, -0.25) is 4.79 Å². The summed E-state index contributed by atoms with van der Waals surface area (Å²) >= 11 is 0. The standard InChI is InChI=1S/C13H20N2O3/c1-9(16)15-11-6-4-3-5-10(11)13(18)12(17)7-8-14-2/h3-6,12-14,17-18H,7-8H2,1-2H3,(H,15,16). The van der Waals surface area contributed by atoms with Gasteiger partial charge in [0, 0.05) is 18.2 Å². The largest absolute Gasteiger partial charge is 0.390 e. The van der Waals surface area contributed by atoms with Gasteiger partial charge in [0.2, 0.25) is 5.91 Å². The fourth-order valence-corrected chi connectivity index (χ4v) is 1.72. The highest BCUT2D eigenvalue weighted by atomic mass is 16.3. The smallest absolute Gasteiger partial charge is 0.221 e. The number of nitrogens with one attached hydrogen (secondary N) is 2. The maximum Gasteiger partial charge on any atom is 0.221 e. The van der Waals surface area contributed by atoms with Crippen molar-refractivity contribution in [1.82, 2.24) is 5.32 Å². The highest BCUT2D eigenvalue weighted by Gasteiger charge is 2.20. The van der Waals surface area contributed by atoms with Gasteiger partial charge in [-0.1, -0.05) is 18.2 Å². The van der Waals surface area contributed by atoms with E-state index in [0.717, 1.165) is 0 Å². The number of carbonyl (C=O) groups is 1. The number of para-hydroxylation sites is 1. The van der Waals surface area contributed by atoms with Crippen LogP contribution in [0, 0.1) is 0 Å². The van der Waals surface area contributed by atoms with Crippen molar-refractivity contribution in [3.63, 3.8) is 0 Å². The van der Waals surface area contributed by atoms with Gasteiger partial charge in [0.1, 0.15) is 6.10 Å². The third-order valence-electron chi connectivity index (χ3n) is 2.64. The normalized spacial score (nSPS) is 14.0. The molecule has 0 saturated carbocycles. The van der Waals surface area contributed by atoms with Crippen molar-refractivity contribution in [3.05, 3.63) is 29.8 Å². The maximum absolute atomic E-state index is 11.1. The molecule has 2 atom stereocenters. The Labute approximate surface area is 107 Å². The van der Waals surface area contributed by atoms with Crippen LogP contribution in [0.5, 0.6) is 0 Å². The molecule has 0 aliphatic heterocycles. The molecule has 0 aliphatic carbocycles. The average Bonchev–Trinajstić information content (AvgIpc) is 2.35. The van der Waals surface area contributed by atoms with Crippen LogP contribution in [0.4, 0.5) is 5.69 Å². The molecule has 0 saturated heterocycles. The quantitative estimate of drug-likeness (QED) is 0.599. The lowest BCUT2D eigenvalue weighted by Crippen LogP contribution is -2.24. The van der Waals surface area contributed by atoms with E-state index in [4.69, 9.17) is 0 Å². The minimum atomic E-state index is -1.01. The molecule has 5 nitrogen and oxygen atoms in total. The fraction of sp³-hybridized carbons (Fsp3) is 0.462. The van der Waals surface area contributed by atoms with Crippen molar-refractivity contribution in [3.8, 4) is 0 Å². The first-order valence-corrected chi connectivity index (χ1v) is 5.93. The predicted molar refractivity (Wildman–Crippen MR) is 70.3 cm³/mol. The van der Waals surface area contributed by atoms with E-state index in [2.05, 4.69) is 10.6 Å². The minimum Gasteiger partial charge on any atom is -0.390 e. The van der Waals surface area contributed by atoms with Gasteiger partial charge in [0.15, 0.2) is 0 Å². The van der Waals surface area contributed by atoms with Crippen molar-refractivity contribution >= 4 is 11.6 Å². The molecule has 18 heavy (non-hydrogen) atoms. The molecular formula is C13H20N2O3.